The molecule has 0 bridgehead atoms. The molecule has 1 N–H and O–H groups in total. The molecular weight excluding hydrogens is 242 g/mol. The summed E-state index contributed by atoms with van der Waals surface area (Å²) in [6.07, 6.45) is 3.45. The largest absolute Gasteiger partial charge is 0.497 e. The van der Waals surface area contributed by atoms with Gasteiger partial charge in [-0.1, -0.05) is 0 Å². The Morgan fingerprint density at radius 2 is 1.84 bits per heavy atom. The van der Waals surface area contributed by atoms with Crippen molar-refractivity contribution in [3.63, 3.8) is 0 Å². The van der Waals surface area contributed by atoms with Crippen LogP contribution >= 0.6 is 0 Å². The van der Waals surface area contributed by atoms with Crippen molar-refractivity contribution < 1.29 is 9.47 Å². The second kappa shape index (κ2) is 6.15. The zero-order valence-corrected chi connectivity index (χ0v) is 11.3. The molecule has 1 unspecified atom stereocenters. The average Bonchev–Trinajstić information content (AvgIpc) is 2.49. The summed E-state index contributed by atoms with van der Waals surface area (Å²) < 4.78 is 10.6. The smallest absolute Gasteiger partial charge is 0.149 e. The fourth-order valence-corrected chi connectivity index (χ4v) is 1.94. The van der Waals surface area contributed by atoms with E-state index in [-0.39, 0.29) is 6.04 Å². The molecular formula is C14H17N3O2. The highest BCUT2D eigenvalue weighted by atomic mass is 16.5. The van der Waals surface area contributed by atoms with Crippen LogP contribution in [-0.2, 0) is 0 Å². The maximum atomic E-state index is 5.42. The molecule has 5 heteroatoms. The van der Waals surface area contributed by atoms with E-state index in [1.807, 2.05) is 25.2 Å². The third-order valence-electron chi connectivity index (χ3n) is 2.88. The van der Waals surface area contributed by atoms with Gasteiger partial charge >= 0.3 is 0 Å². The van der Waals surface area contributed by atoms with Gasteiger partial charge in [-0.15, -0.1) is 0 Å². The van der Waals surface area contributed by atoms with Gasteiger partial charge in [-0.25, -0.2) is 9.97 Å². The molecule has 0 fully saturated rings. The van der Waals surface area contributed by atoms with Crippen molar-refractivity contribution >= 4 is 0 Å². The van der Waals surface area contributed by atoms with E-state index in [0.717, 1.165) is 17.1 Å². The number of nitrogens with zero attached hydrogens (tertiary/aromatic N) is 2. The van der Waals surface area contributed by atoms with Crippen molar-refractivity contribution in [2.24, 2.45) is 0 Å². The second-order valence-corrected chi connectivity index (χ2v) is 3.94. The third-order valence-corrected chi connectivity index (χ3v) is 2.88. The molecule has 0 spiro atoms. The predicted octanol–water partition coefficient (Wildman–Crippen LogP) is 1.80. The Kier molecular flexibility index (Phi) is 4.30. The van der Waals surface area contributed by atoms with Crippen molar-refractivity contribution in [2.45, 2.75) is 6.04 Å². The molecule has 0 aliphatic carbocycles. The van der Waals surface area contributed by atoms with Crippen LogP contribution in [0.3, 0.4) is 0 Å². The molecule has 5 nitrogen and oxygen atoms in total. The van der Waals surface area contributed by atoms with Crippen molar-refractivity contribution in [1.29, 1.82) is 0 Å². The van der Waals surface area contributed by atoms with Crippen LogP contribution in [0.4, 0.5) is 0 Å². The number of benzene rings is 1. The second-order valence-electron chi connectivity index (χ2n) is 3.94. The minimum Gasteiger partial charge on any atom is -0.497 e. The quantitative estimate of drug-likeness (QED) is 0.887. The summed E-state index contributed by atoms with van der Waals surface area (Å²) in [6, 6.07) is 7.37. The van der Waals surface area contributed by atoms with E-state index in [1.165, 1.54) is 0 Å². The van der Waals surface area contributed by atoms with Crippen LogP contribution < -0.4 is 14.8 Å². The van der Waals surface area contributed by atoms with Crippen LogP contribution in [0.15, 0.2) is 36.7 Å². The maximum absolute atomic E-state index is 5.42. The minimum absolute atomic E-state index is 0.123. The summed E-state index contributed by atoms with van der Waals surface area (Å²) in [5, 5.41) is 3.20. The summed E-state index contributed by atoms with van der Waals surface area (Å²) in [5.74, 6) is 2.20. The van der Waals surface area contributed by atoms with E-state index < -0.39 is 0 Å². The van der Waals surface area contributed by atoms with Crippen molar-refractivity contribution in [3.8, 4) is 11.5 Å². The molecule has 0 saturated carbocycles. The first-order valence-electron chi connectivity index (χ1n) is 5.96. The lowest BCUT2D eigenvalue weighted by molar-refractivity contribution is 0.387. The van der Waals surface area contributed by atoms with Gasteiger partial charge in [0.1, 0.15) is 17.3 Å². The third kappa shape index (κ3) is 2.82. The van der Waals surface area contributed by atoms with Crippen LogP contribution in [0.5, 0.6) is 11.5 Å². The maximum Gasteiger partial charge on any atom is 0.149 e. The van der Waals surface area contributed by atoms with Gasteiger partial charge in [0.05, 0.1) is 20.3 Å². The molecule has 1 aromatic carbocycles. The Bertz CT molecular complexity index is 531. The predicted molar refractivity (Wildman–Crippen MR) is 72.5 cm³/mol. The normalized spacial score (nSPS) is 11.9. The summed E-state index contributed by atoms with van der Waals surface area (Å²) in [5.41, 5.74) is 0.969. The molecule has 0 amide bonds. The minimum atomic E-state index is -0.123. The van der Waals surface area contributed by atoms with E-state index >= 15 is 0 Å². The van der Waals surface area contributed by atoms with Gasteiger partial charge in [-0.05, 0) is 25.2 Å². The number of nitrogens with one attached hydrogen (secondary N) is 1. The Hall–Kier alpha value is -2.14. The molecule has 0 saturated heterocycles. The first-order valence-corrected chi connectivity index (χ1v) is 5.96. The van der Waals surface area contributed by atoms with Crippen LogP contribution in [0.2, 0.25) is 0 Å². The molecule has 19 heavy (non-hydrogen) atoms. The average molecular weight is 259 g/mol. The summed E-state index contributed by atoms with van der Waals surface area (Å²) in [7, 11) is 5.13. The Balaban J connectivity index is 2.43. The number of aromatic nitrogens is 2. The number of hydrogen-bond acceptors (Lipinski definition) is 5. The van der Waals surface area contributed by atoms with Gasteiger partial charge in [-0.2, -0.15) is 0 Å². The fourth-order valence-electron chi connectivity index (χ4n) is 1.94. The van der Waals surface area contributed by atoms with E-state index in [0.29, 0.717) is 5.82 Å². The first-order chi connectivity index (χ1) is 9.30. The molecule has 2 aromatic rings. The zero-order chi connectivity index (χ0) is 13.7. The van der Waals surface area contributed by atoms with Gasteiger partial charge in [0.25, 0.3) is 0 Å². The number of rotatable bonds is 5. The summed E-state index contributed by atoms with van der Waals surface area (Å²) in [6.45, 7) is 0. The SMILES string of the molecule is CNC(c1ncccn1)c1ccc(OC)cc1OC. The lowest BCUT2D eigenvalue weighted by atomic mass is 10.0. The van der Waals surface area contributed by atoms with Gasteiger partial charge in [0.2, 0.25) is 0 Å². The Morgan fingerprint density at radius 3 is 2.42 bits per heavy atom. The summed E-state index contributed by atoms with van der Waals surface area (Å²) in [4.78, 5) is 8.57. The Morgan fingerprint density at radius 1 is 1.11 bits per heavy atom. The standard InChI is InChI=1S/C14H17N3O2/c1-15-13(14-16-7-4-8-17-14)11-6-5-10(18-2)9-12(11)19-3/h4-9,13,15H,1-3H3. The molecule has 1 heterocycles. The monoisotopic (exact) mass is 259 g/mol. The van der Waals surface area contributed by atoms with Gasteiger partial charge in [-0.3, -0.25) is 0 Å². The van der Waals surface area contributed by atoms with Crippen LogP contribution in [0.25, 0.3) is 0 Å². The van der Waals surface area contributed by atoms with E-state index in [9.17, 15) is 0 Å². The molecule has 0 aliphatic rings. The highest BCUT2D eigenvalue weighted by Crippen LogP contribution is 2.31. The van der Waals surface area contributed by atoms with Crippen molar-refractivity contribution in [1.82, 2.24) is 15.3 Å². The molecule has 2 rings (SSSR count). The molecule has 1 atom stereocenters. The van der Waals surface area contributed by atoms with Crippen LogP contribution in [0.1, 0.15) is 17.4 Å². The van der Waals surface area contributed by atoms with Crippen LogP contribution in [-0.4, -0.2) is 31.2 Å². The zero-order valence-electron chi connectivity index (χ0n) is 11.3. The van der Waals surface area contributed by atoms with Crippen molar-refractivity contribution in [2.75, 3.05) is 21.3 Å². The number of ether oxygens (including phenoxy) is 2. The van der Waals surface area contributed by atoms with Gasteiger partial charge in [0, 0.05) is 24.0 Å². The number of hydrogen-bond donors (Lipinski definition) is 1. The van der Waals surface area contributed by atoms with Crippen molar-refractivity contribution in [3.05, 3.63) is 48.0 Å². The molecule has 0 radical (unpaired) electrons. The van der Waals surface area contributed by atoms with E-state index in [1.54, 1.807) is 32.7 Å². The van der Waals surface area contributed by atoms with E-state index in [2.05, 4.69) is 15.3 Å². The molecule has 0 aliphatic heterocycles. The van der Waals surface area contributed by atoms with E-state index in [4.69, 9.17) is 9.47 Å². The van der Waals surface area contributed by atoms with Gasteiger partial charge < -0.3 is 14.8 Å². The lowest BCUT2D eigenvalue weighted by Crippen LogP contribution is -2.20. The lowest BCUT2D eigenvalue weighted by Gasteiger charge is -2.18. The number of methoxy groups -OCH3 is 2. The highest BCUT2D eigenvalue weighted by Gasteiger charge is 2.19. The fraction of sp³-hybridized carbons (Fsp3) is 0.286. The molecule has 100 valence electrons. The topological polar surface area (TPSA) is 56.3 Å². The highest BCUT2D eigenvalue weighted by molar-refractivity contribution is 5.44. The Labute approximate surface area is 112 Å². The molecule has 1 aromatic heterocycles. The summed E-state index contributed by atoms with van der Waals surface area (Å²) >= 11 is 0. The first kappa shape index (κ1) is 13.3. The van der Waals surface area contributed by atoms with Crippen LogP contribution in [0, 0.1) is 0 Å². The van der Waals surface area contributed by atoms with Gasteiger partial charge in [0.15, 0.2) is 0 Å².